The van der Waals surface area contributed by atoms with Crippen LogP contribution in [0.5, 0.6) is 0 Å². The molecule has 0 N–H and O–H groups in total. The zero-order valence-corrected chi connectivity index (χ0v) is 9.50. The second kappa shape index (κ2) is 7.42. The van der Waals surface area contributed by atoms with Gasteiger partial charge < -0.3 is 9.47 Å². The first kappa shape index (κ1) is 13.0. The summed E-state index contributed by atoms with van der Waals surface area (Å²) >= 11 is 0. The molecule has 0 saturated heterocycles. The maximum absolute atomic E-state index is 11.2. The Labute approximate surface area is 86.1 Å². The molecule has 0 radical (unpaired) electrons. The minimum Gasteiger partial charge on any atom is -0.500 e. The number of ether oxygens (including phenoxy) is 2. The summed E-state index contributed by atoms with van der Waals surface area (Å²) in [6.45, 7) is 8.85. The maximum atomic E-state index is 11.2. The van der Waals surface area contributed by atoms with Gasteiger partial charge in [-0.3, -0.25) is 0 Å². The number of carbonyl (C=O) groups is 1. The van der Waals surface area contributed by atoms with Crippen LogP contribution in [0.15, 0.2) is 11.8 Å². The van der Waals surface area contributed by atoms with Crippen molar-refractivity contribution in [1.82, 2.24) is 0 Å². The van der Waals surface area contributed by atoms with Gasteiger partial charge in [-0.1, -0.05) is 20.8 Å². The monoisotopic (exact) mass is 200 g/mol. The van der Waals surface area contributed by atoms with E-state index in [2.05, 4.69) is 13.8 Å². The molecule has 0 aromatic carbocycles. The van der Waals surface area contributed by atoms with Crippen molar-refractivity contribution in [3.05, 3.63) is 11.8 Å². The first-order chi connectivity index (χ1) is 6.57. The molecular formula is C11H20O3. The summed E-state index contributed by atoms with van der Waals surface area (Å²) in [5, 5.41) is 0. The van der Waals surface area contributed by atoms with Crippen LogP contribution in [0.1, 0.15) is 34.1 Å². The summed E-state index contributed by atoms with van der Waals surface area (Å²) in [7, 11) is 0. The van der Waals surface area contributed by atoms with Crippen LogP contribution in [-0.4, -0.2) is 19.2 Å². The molecule has 0 aliphatic heterocycles. The molecule has 0 heterocycles. The topological polar surface area (TPSA) is 35.5 Å². The van der Waals surface area contributed by atoms with Crippen LogP contribution in [0.2, 0.25) is 0 Å². The Hall–Kier alpha value is -0.990. The zero-order valence-electron chi connectivity index (χ0n) is 9.50. The smallest absolute Gasteiger partial charge is 0.336 e. The lowest BCUT2D eigenvalue weighted by molar-refractivity contribution is -0.139. The van der Waals surface area contributed by atoms with Crippen LogP contribution in [0.3, 0.4) is 0 Å². The molecule has 0 atom stereocenters. The van der Waals surface area contributed by atoms with Crippen molar-refractivity contribution in [2.24, 2.45) is 5.92 Å². The SMILES string of the molecule is CCCOC(=O)C(C)=COCC(C)C. The molecule has 0 spiro atoms. The summed E-state index contributed by atoms with van der Waals surface area (Å²) in [5.41, 5.74) is 0.513. The summed E-state index contributed by atoms with van der Waals surface area (Å²) in [6, 6.07) is 0. The Bertz CT molecular complexity index is 195. The van der Waals surface area contributed by atoms with E-state index in [0.29, 0.717) is 24.7 Å². The van der Waals surface area contributed by atoms with Crippen molar-refractivity contribution in [1.29, 1.82) is 0 Å². The molecule has 0 rings (SSSR count). The van der Waals surface area contributed by atoms with Gasteiger partial charge in [-0.15, -0.1) is 0 Å². The van der Waals surface area contributed by atoms with E-state index in [9.17, 15) is 4.79 Å². The van der Waals surface area contributed by atoms with Gasteiger partial charge in [-0.2, -0.15) is 0 Å². The van der Waals surface area contributed by atoms with Gasteiger partial charge in [0.15, 0.2) is 0 Å². The van der Waals surface area contributed by atoms with E-state index in [1.54, 1.807) is 6.92 Å². The molecular weight excluding hydrogens is 180 g/mol. The predicted molar refractivity (Wildman–Crippen MR) is 55.8 cm³/mol. The largest absolute Gasteiger partial charge is 0.500 e. The van der Waals surface area contributed by atoms with E-state index in [0.717, 1.165) is 6.42 Å². The third kappa shape index (κ3) is 6.52. The average Bonchev–Trinajstić information content (AvgIpc) is 2.13. The van der Waals surface area contributed by atoms with Gasteiger partial charge in [-0.05, 0) is 19.3 Å². The van der Waals surface area contributed by atoms with Crippen molar-refractivity contribution >= 4 is 5.97 Å². The molecule has 3 heteroatoms. The number of esters is 1. The number of hydrogen-bond acceptors (Lipinski definition) is 3. The van der Waals surface area contributed by atoms with E-state index in [1.165, 1.54) is 6.26 Å². The molecule has 0 saturated carbocycles. The Kier molecular flexibility index (Phi) is 6.89. The van der Waals surface area contributed by atoms with Crippen LogP contribution in [0.25, 0.3) is 0 Å². The highest BCUT2D eigenvalue weighted by Crippen LogP contribution is 2.00. The third-order valence-corrected chi connectivity index (χ3v) is 1.45. The summed E-state index contributed by atoms with van der Waals surface area (Å²) in [6.07, 6.45) is 2.31. The molecule has 82 valence electrons. The lowest BCUT2D eigenvalue weighted by Gasteiger charge is -2.06. The van der Waals surface area contributed by atoms with Gasteiger partial charge in [0, 0.05) is 0 Å². The van der Waals surface area contributed by atoms with Gasteiger partial charge >= 0.3 is 5.97 Å². The van der Waals surface area contributed by atoms with Crippen LogP contribution >= 0.6 is 0 Å². The van der Waals surface area contributed by atoms with Crippen molar-refractivity contribution in [3.63, 3.8) is 0 Å². The van der Waals surface area contributed by atoms with E-state index in [4.69, 9.17) is 9.47 Å². The Morgan fingerprint density at radius 2 is 2.07 bits per heavy atom. The van der Waals surface area contributed by atoms with Crippen LogP contribution < -0.4 is 0 Å². The lowest BCUT2D eigenvalue weighted by Crippen LogP contribution is -2.07. The fourth-order valence-electron chi connectivity index (χ4n) is 0.722. The predicted octanol–water partition coefficient (Wildman–Crippen LogP) is 2.52. The molecule has 0 fully saturated rings. The molecule has 0 bridgehead atoms. The van der Waals surface area contributed by atoms with Crippen LogP contribution in [0, 0.1) is 5.92 Å². The van der Waals surface area contributed by atoms with Crippen molar-refractivity contribution < 1.29 is 14.3 Å². The maximum Gasteiger partial charge on any atom is 0.336 e. The molecule has 0 unspecified atom stereocenters. The summed E-state index contributed by atoms with van der Waals surface area (Å²) in [5.74, 6) is 0.168. The first-order valence-corrected chi connectivity index (χ1v) is 5.03. The molecule has 0 aliphatic carbocycles. The van der Waals surface area contributed by atoms with Gasteiger partial charge in [0.25, 0.3) is 0 Å². The van der Waals surface area contributed by atoms with Crippen molar-refractivity contribution in [3.8, 4) is 0 Å². The average molecular weight is 200 g/mol. The Morgan fingerprint density at radius 3 is 2.57 bits per heavy atom. The fraction of sp³-hybridized carbons (Fsp3) is 0.727. The number of hydrogen-bond donors (Lipinski definition) is 0. The van der Waals surface area contributed by atoms with Crippen molar-refractivity contribution in [2.75, 3.05) is 13.2 Å². The quantitative estimate of drug-likeness (QED) is 0.375. The highest BCUT2D eigenvalue weighted by atomic mass is 16.5. The van der Waals surface area contributed by atoms with E-state index < -0.39 is 0 Å². The molecule has 3 nitrogen and oxygen atoms in total. The van der Waals surface area contributed by atoms with E-state index in [1.807, 2.05) is 6.92 Å². The van der Waals surface area contributed by atoms with E-state index in [-0.39, 0.29) is 5.97 Å². The fourth-order valence-corrected chi connectivity index (χ4v) is 0.722. The first-order valence-electron chi connectivity index (χ1n) is 5.03. The summed E-state index contributed by atoms with van der Waals surface area (Å²) in [4.78, 5) is 11.2. The highest BCUT2D eigenvalue weighted by Gasteiger charge is 2.04. The second-order valence-corrected chi connectivity index (χ2v) is 3.66. The Morgan fingerprint density at radius 1 is 1.43 bits per heavy atom. The minimum atomic E-state index is -0.296. The van der Waals surface area contributed by atoms with Gasteiger partial charge in [0.1, 0.15) is 0 Å². The normalized spacial score (nSPS) is 11.6. The Balaban J connectivity index is 3.79. The second-order valence-electron chi connectivity index (χ2n) is 3.66. The standard InChI is InChI=1S/C11H20O3/c1-5-6-14-11(12)10(4)8-13-7-9(2)3/h8-9H,5-7H2,1-4H3. The van der Waals surface area contributed by atoms with Gasteiger partial charge in [0.2, 0.25) is 0 Å². The molecule has 0 amide bonds. The summed E-state index contributed by atoms with van der Waals surface area (Å²) < 4.78 is 10.1. The number of rotatable bonds is 6. The van der Waals surface area contributed by atoms with Gasteiger partial charge in [0.05, 0.1) is 25.0 Å². The van der Waals surface area contributed by atoms with E-state index >= 15 is 0 Å². The number of carbonyl (C=O) groups excluding carboxylic acids is 1. The van der Waals surface area contributed by atoms with Gasteiger partial charge in [-0.25, -0.2) is 4.79 Å². The highest BCUT2D eigenvalue weighted by molar-refractivity contribution is 5.87. The van der Waals surface area contributed by atoms with Crippen LogP contribution in [-0.2, 0) is 14.3 Å². The third-order valence-electron chi connectivity index (χ3n) is 1.45. The minimum absolute atomic E-state index is 0.296. The molecule has 0 aromatic heterocycles. The molecule has 14 heavy (non-hydrogen) atoms. The molecule has 0 aromatic rings. The lowest BCUT2D eigenvalue weighted by atomic mass is 10.2. The molecule has 0 aliphatic rings. The van der Waals surface area contributed by atoms with Crippen molar-refractivity contribution in [2.45, 2.75) is 34.1 Å². The zero-order chi connectivity index (χ0) is 11.0. The van der Waals surface area contributed by atoms with Crippen LogP contribution in [0.4, 0.5) is 0 Å².